The first kappa shape index (κ1) is 19.1. The zero-order chi connectivity index (χ0) is 17.9. The Morgan fingerprint density at radius 1 is 1.00 bits per heavy atom. The molecule has 0 radical (unpaired) electrons. The Bertz CT molecular complexity index is 492. The summed E-state index contributed by atoms with van der Waals surface area (Å²) in [5.41, 5.74) is -0.417. The molecule has 3 aliphatic rings. The molecule has 3 rings (SSSR count). The van der Waals surface area contributed by atoms with Gasteiger partial charge in [0.05, 0.1) is 11.5 Å². The summed E-state index contributed by atoms with van der Waals surface area (Å²) in [7, 11) is 0. The lowest BCUT2D eigenvalue weighted by Crippen LogP contribution is -2.47. The normalized spacial score (nSPS) is 36.2. The van der Waals surface area contributed by atoms with Crippen LogP contribution in [-0.4, -0.2) is 22.3 Å². The zero-order valence-corrected chi connectivity index (χ0v) is 16.0. The Morgan fingerprint density at radius 3 is 2.44 bits per heavy atom. The van der Waals surface area contributed by atoms with Crippen molar-refractivity contribution in [3.8, 4) is 0 Å². The van der Waals surface area contributed by atoms with Gasteiger partial charge in [-0.05, 0) is 62.7 Å². The predicted octanol–water partition coefficient (Wildman–Crippen LogP) is 4.99. The summed E-state index contributed by atoms with van der Waals surface area (Å²) in [5, 5.41) is 11.4. The van der Waals surface area contributed by atoms with Crippen LogP contribution in [-0.2, 0) is 9.59 Å². The van der Waals surface area contributed by atoms with E-state index in [2.05, 4.69) is 6.92 Å². The van der Waals surface area contributed by atoms with Gasteiger partial charge < -0.3 is 5.11 Å². The first-order valence-corrected chi connectivity index (χ1v) is 10.7. The number of hydrogen-bond donors (Lipinski definition) is 1. The highest BCUT2D eigenvalue weighted by molar-refractivity contribution is 6.03. The third-order valence-corrected chi connectivity index (χ3v) is 7.74. The number of hydrogen-bond acceptors (Lipinski definition) is 3. The van der Waals surface area contributed by atoms with Crippen molar-refractivity contribution in [2.24, 2.45) is 17.3 Å². The second-order valence-corrected chi connectivity index (χ2v) is 9.37. The molecule has 0 amide bonds. The lowest BCUT2D eigenvalue weighted by Gasteiger charge is -2.47. The van der Waals surface area contributed by atoms with Gasteiger partial charge in [-0.25, -0.2) is 0 Å². The molecule has 0 aromatic heterocycles. The van der Waals surface area contributed by atoms with Gasteiger partial charge >= 0.3 is 0 Å². The minimum atomic E-state index is -0.506. The number of rotatable bonds is 5. The van der Waals surface area contributed by atoms with Crippen molar-refractivity contribution >= 4 is 11.6 Å². The molecule has 0 heterocycles. The Balaban J connectivity index is 1.51. The van der Waals surface area contributed by atoms with Gasteiger partial charge in [-0.15, -0.1) is 0 Å². The number of Topliss-reactive ketones (excluding diaryl/α,β-unsaturated/α-hetero) is 2. The van der Waals surface area contributed by atoms with Gasteiger partial charge in [-0.2, -0.15) is 0 Å². The van der Waals surface area contributed by atoms with E-state index < -0.39 is 5.60 Å². The van der Waals surface area contributed by atoms with E-state index in [9.17, 15) is 14.7 Å². The molecule has 3 nitrogen and oxygen atoms in total. The molecule has 3 atom stereocenters. The molecule has 3 aliphatic carbocycles. The fraction of sp³-hybridized carbons (Fsp3) is 0.909. The maximum absolute atomic E-state index is 12.3. The molecule has 0 bridgehead atoms. The fourth-order valence-corrected chi connectivity index (χ4v) is 5.76. The van der Waals surface area contributed by atoms with Gasteiger partial charge in [-0.1, -0.05) is 39.0 Å². The van der Waals surface area contributed by atoms with E-state index in [0.717, 1.165) is 64.2 Å². The van der Waals surface area contributed by atoms with Crippen LogP contribution in [0.2, 0.25) is 0 Å². The summed E-state index contributed by atoms with van der Waals surface area (Å²) < 4.78 is 0. The lowest BCUT2D eigenvalue weighted by atomic mass is 9.62. The van der Waals surface area contributed by atoms with Crippen molar-refractivity contribution in [3.63, 3.8) is 0 Å². The highest BCUT2D eigenvalue weighted by atomic mass is 16.3. The molecule has 0 aromatic rings. The van der Waals surface area contributed by atoms with Gasteiger partial charge in [0.1, 0.15) is 11.6 Å². The summed E-state index contributed by atoms with van der Waals surface area (Å²) in [6, 6.07) is 0. The quantitative estimate of drug-likeness (QED) is 0.563. The van der Waals surface area contributed by atoms with Gasteiger partial charge in [0, 0.05) is 12.8 Å². The molecule has 3 heteroatoms. The number of carbonyl (C=O) groups excluding carboxylic acids is 2. The average Bonchev–Trinajstić information content (AvgIpc) is 2.93. The first-order chi connectivity index (χ1) is 11.9. The Morgan fingerprint density at radius 2 is 1.76 bits per heavy atom. The van der Waals surface area contributed by atoms with Crippen molar-refractivity contribution in [2.45, 2.75) is 109 Å². The van der Waals surface area contributed by atoms with Crippen LogP contribution in [0.25, 0.3) is 0 Å². The Hall–Kier alpha value is -0.700. The van der Waals surface area contributed by atoms with Crippen molar-refractivity contribution in [2.75, 3.05) is 0 Å². The molecule has 0 spiro atoms. The third-order valence-electron chi connectivity index (χ3n) is 7.74. The Labute approximate surface area is 153 Å². The van der Waals surface area contributed by atoms with E-state index in [1.54, 1.807) is 0 Å². The minimum absolute atomic E-state index is 0.0895. The SMILES string of the molecule is CC1(C2(O)CCCC(CCC(=O)C3CCCC3=O)CC2)CCCCC1. The number of ketones is 2. The molecule has 25 heavy (non-hydrogen) atoms. The minimum Gasteiger partial charge on any atom is -0.389 e. The van der Waals surface area contributed by atoms with Crippen LogP contribution in [0, 0.1) is 17.3 Å². The molecule has 1 N–H and O–H groups in total. The van der Waals surface area contributed by atoms with Gasteiger partial charge in [0.2, 0.25) is 0 Å². The highest BCUT2D eigenvalue weighted by Crippen LogP contribution is 2.50. The summed E-state index contributed by atoms with van der Waals surface area (Å²) >= 11 is 0. The smallest absolute Gasteiger partial charge is 0.143 e. The van der Waals surface area contributed by atoms with Crippen LogP contribution >= 0.6 is 0 Å². The van der Waals surface area contributed by atoms with E-state index in [1.807, 2.05) is 0 Å². The fourth-order valence-electron chi connectivity index (χ4n) is 5.76. The van der Waals surface area contributed by atoms with Crippen LogP contribution in [0.15, 0.2) is 0 Å². The number of aliphatic hydroxyl groups is 1. The second-order valence-electron chi connectivity index (χ2n) is 9.37. The number of carbonyl (C=O) groups is 2. The van der Waals surface area contributed by atoms with Crippen molar-refractivity contribution < 1.29 is 14.7 Å². The molecule has 142 valence electrons. The van der Waals surface area contributed by atoms with Crippen LogP contribution < -0.4 is 0 Å². The summed E-state index contributed by atoms with van der Waals surface area (Å²) in [4.78, 5) is 24.1. The van der Waals surface area contributed by atoms with E-state index >= 15 is 0 Å². The topological polar surface area (TPSA) is 54.4 Å². The first-order valence-electron chi connectivity index (χ1n) is 10.7. The van der Waals surface area contributed by atoms with Crippen molar-refractivity contribution in [1.29, 1.82) is 0 Å². The van der Waals surface area contributed by atoms with Gasteiger partial charge in [0.15, 0.2) is 0 Å². The maximum atomic E-state index is 12.3. The van der Waals surface area contributed by atoms with Crippen LogP contribution in [0.1, 0.15) is 103 Å². The molecular formula is C22H36O3. The van der Waals surface area contributed by atoms with Crippen LogP contribution in [0.4, 0.5) is 0 Å². The van der Waals surface area contributed by atoms with E-state index in [4.69, 9.17) is 0 Å². The van der Waals surface area contributed by atoms with Crippen LogP contribution in [0.3, 0.4) is 0 Å². The van der Waals surface area contributed by atoms with E-state index in [0.29, 0.717) is 18.8 Å². The molecule has 3 saturated carbocycles. The highest BCUT2D eigenvalue weighted by Gasteiger charge is 2.47. The molecule has 3 unspecified atom stereocenters. The van der Waals surface area contributed by atoms with Gasteiger partial charge in [-0.3, -0.25) is 9.59 Å². The molecular weight excluding hydrogens is 312 g/mol. The zero-order valence-electron chi connectivity index (χ0n) is 16.0. The third kappa shape index (κ3) is 4.18. The summed E-state index contributed by atoms with van der Waals surface area (Å²) in [5.74, 6) is 0.609. The summed E-state index contributed by atoms with van der Waals surface area (Å²) in [6.07, 6.45) is 15.0. The lowest BCUT2D eigenvalue weighted by molar-refractivity contribution is -0.131. The van der Waals surface area contributed by atoms with Crippen LogP contribution in [0.5, 0.6) is 0 Å². The van der Waals surface area contributed by atoms with Crippen molar-refractivity contribution in [3.05, 3.63) is 0 Å². The summed E-state index contributed by atoms with van der Waals surface area (Å²) in [6.45, 7) is 2.31. The molecule has 3 fully saturated rings. The van der Waals surface area contributed by atoms with Crippen molar-refractivity contribution in [1.82, 2.24) is 0 Å². The van der Waals surface area contributed by atoms with E-state index in [1.165, 1.54) is 19.3 Å². The standard InChI is InChI=1S/C22H36O3/c1-21(13-3-2-4-14-21)22(25)15-6-7-17(12-16-22)10-11-20(24)18-8-5-9-19(18)23/h17-18,25H,2-16H2,1H3. The molecule has 0 saturated heterocycles. The monoisotopic (exact) mass is 348 g/mol. The average molecular weight is 349 g/mol. The second kappa shape index (κ2) is 7.90. The molecule has 0 aromatic carbocycles. The predicted molar refractivity (Wildman–Crippen MR) is 99.3 cm³/mol. The maximum Gasteiger partial charge on any atom is 0.143 e. The van der Waals surface area contributed by atoms with E-state index in [-0.39, 0.29) is 22.9 Å². The largest absolute Gasteiger partial charge is 0.389 e. The molecule has 0 aliphatic heterocycles. The Kier molecular flexibility index (Phi) is 6.03. The van der Waals surface area contributed by atoms with Gasteiger partial charge in [0.25, 0.3) is 0 Å².